The lowest BCUT2D eigenvalue weighted by Gasteiger charge is -2.18. The molecule has 0 aliphatic carbocycles. The lowest BCUT2D eigenvalue weighted by Crippen LogP contribution is -2.20. The second-order valence-corrected chi connectivity index (χ2v) is 3.58. The predicted octanol–water partition coefficient (Wildman–Crippen LogP) is 2.16. The van der Waals surface area contributed by atoms with Crippen LogP contribution in [-0.4, -0.2) is 12.2 Å². The van der Waals surface area contributed by atoms with Gasteiger partial charge in [-0.3, -0.25) is 0 Å². The van der Waals surface area contributed by atoms with Gasteiger partial charge < -0.3 is 14.2 Å². The Labute approximate surface area is 72.6 Å². The molecule has 3 nitrogen and oxygen atoms in total. The van der Waals surface area contributed by atoms with Crippen LogP contribution in [0.4, 0.5) is 0 Å². The van der Waals surface area contributed by atoms with Crippen molar-refractivity contribution in [3.63, 3.8) is 0 Å². The van der Waals surface area contributed by atoms with Gasteiger partial charge in [0.2, 0.25) is 0 Å². The van der Waals surface area contributed by atoms with Gasteiger partial charge in [0.05, 0.1) is 5.60 Å². The summed E-state index contributed by atoms with van der Waals surface area (Å²) in [6.45, 7) is 9.87. The summed E-state index contributed by atoms with van der Waals surface area (Å²) in [5, 5.41) is 0. The standard InChI is InChI=1S/C9H14O3/c1-7-10-5-8(12-7)6-11-9(2,3)4/h5H,1,6H2,2-4H3. The summed E-state index contributed by atoms with van der Waals surface area (Å²) >= 11 is 0. The van der Waals surface area contributed by atoms with Gasteiger partial charge in [-0.05, 0) is 27.4 Å². The first-order valence-electron chi connectivity index (χ1n) is 3.84. The SMILES string of the molecule is C=C1OC=C(COC(C)(C)C)O1. The number of hydrogen-bond donors (Lipinski definition) is 0. The fourth-order valence-electron chi connectivity index (χ4n) is 0.677. The Morgan fingerprint density at radius 2 is 2.17 bits per heavy atom. The molecule has 1 heterocycles. The number of rotatable bonds is 2. The first kappa shape index (κ1) is 9.13. The summed E-state index contributed by atoms with van der Waals surface area (Å²) in [7, 11) is 0. The van der Waals surface area contributed by atoms with Gasteiger partial charge in [0.25, 0.3) is 5.95 Å². The highest BCUT2D eigenvalue weighted by molar-refractivity contribution is 4.99. The Bertz CT molecular complexity index is 210. The van der Waals surface area contributed by atoms with Crippen molar-refractivity contribution in [2.45, 2.75) is 26.4 Å². The number of hydrogen-bond acceptors (Lipinski definition) is 3. The van der Waals surface area contributed by atoms with Crippen molar-refractivity contribution in [3.05, 3.63) is 24.5 Å². The van der Waals surface area contributed by atoms with Crippen LogP contribution in [0.1, 0.15) is 20.8 Å². The highest BCUT2D eigenvalue weighted by Gasteiger charge is 2.15. The van der Waals surface area contributed by atoms with Crippen molar-refractivity contribution in [1.82, 2.24) is 0 Å². The highest BCUT2D eigenvalue weighted by atomic mass is 16.7. The fraction of sp³-hybridized carbons (Fsp3) is 0.556. The lowest BCUT2D eigenvalue weighted by molar-refractivity contribution is -0.00416. The van der Waals surface area contributed by atoms with Crippen LogP contribution in [0, 0.1) is 0 Å². The largest absolute Gasteiger partial charge is 0.431 e. The Kier molecular flexibility index (Phi) is 2.43. The van der Waals surface area contributed by atoms with Crippen LogP contribution in [0.25, 0.3) is 0 Å². The van der Waals surface area contributed by atoms with E-state index >= 15 is 0 Å². The third kappa shape index (κ3) is 2.96. The average molecular weight is 170 g/mol. The lowest BCUT2D eigenvalue weighted by atomic mass is 10.2. The van der Waals surface area contributed by atoms with Crippen LogP contribution in [0.15, 0.2) is 24.5 Å². The molecule has 0 unspecified atom stereocenters. The predicted molar refractivity (Wildman–Crippen MR) is 45.1 cm³/mol. The molecule has 0 bridgehead atoms. The van der Waals surface area contributed by atoms with E-state index < -0.39 is 0 Å². The van der Waals surface area contributed by atoms with Crippen LogP contribution >= 0.6 is 0 Å². The summed E-state index contributed by atoms with van der Waals surface area (Å²) in [6.07, 6.45) is 1.51. The maximum absolute atomic E-state index is 5.45. The van der Waals surface area contributed by atoms with Gasteiger partial charge in [-0.15, -0.1) is 0 Å². The molecule has 1 aliphatic rings. The molecule has 3 heteroatoms. The summed E-state index contributed by atoms with van der Waals surface area (Å²) in [6, 6.07) is 0. The van der Waals surface area contributed by atoms with E-state index in [1.165, 1.54) is 6.26 Å². The van der Waals surface area contributed by atoms with Gasteiger partial charge >= 0.3 is 0 Å². The molecule has 0 saturated carbocycles. The zero-order chi connectivity index (χ0) is 9.19. The summed E-state index contributed by atoms with van der Waals surface area (Å²) in [4.78, 5) is 0. The zero-order valence-electron chi connectivity index (χ0n) is 7.72. The smallest absolute Gasteiger partial charge is 0.282 e. The van der Waals surface area contributed by atoms with E-state index in [4.69, 9.17) is 14.2 Å². The van der Waals surface area contributed by atoms with E-state index in [0.717, 1.165) is 0 Å². The van der Waals surface area contributed by atoms with Crippen molar-refractivity contribution in [1.29, 1.82) is 0 Å². The van der Waals surface area contributed by atoms with E-state index in [-0.39, 0.29) is 5.60 Å². The molecule has 68 valence electrons. The quantitative estimate of drug-likeness (QED) is 0.635. The monoisotopic (exact) mass is 170 g/mol. The van der Waals surface area contributed by atoms with Gasteiger partial charge in [-0.25, -0.2) is 0 Å². The molecule has 1 aliphatic heterocycles. The molecule has 0 aromatic carbocycles. The number of ether oxygens (including phenoxy) is 3. The molecular formula is C9H14O3. The van der Waals surface area contributed by atoms with Crippen LogP contribution in [0.5, 0.6) is 0 Å². The molecule has 0 N–H and O–H groups in total. The van der Waals surface area contributed by atoms with Crippen molar-refractivity contribution in [2.24, 2.45) is 0 Å². The second kappa shape index (κ2) is 3.19. The molecule has 1 rings (SSSR count). The topological polar surface area (TPSA) is 27.7 Å². The first-order valence-corrected chi connectivity index (χ1v) is 3.84. The van der Waals surface area contributed by atoms with Crippen molar-refractivity contribution in [3.8, 4) is 0 Å². The van der Waals surface area contributed by atoms with Crippen molar-refractivity contribution < 1.29 is 14.2 Å². The minimum absolute atomic E-state index is 0.159. The minimum Gasteiger partial charge on any atom is -0.431 e. The van der Waals surface area contributed by atoms with Gasteiger partial charge in [0.1, 0.15) is 12.9 Å². The Morgan fingerprint density at radius 3 is 2.58 bits per heavy atom. The summed E-state index contributed by atoms with van der Waals surface area (Å²) in [5.41, 5.74) is -0.159. The van der Waals surface area contributed by atoms with E-state index in [9.17, 15) is 0 Å². The second-order valence-electron chi connectivity index (χ2n) is 3.58. The summed E-state index contributed by atoms with van der Waals surface area (Å²) < 4.78 is 15.4. The van der Waals surface area contributed by atoms with E-state index in [0.29, 0.717) is 18.3 Å². The van der Waals surface area contributed by atoms with Crippen molar-refractivity contribution in [2.75, 3.05) is 6.61 Å². The fourth-order valence-corrected chi connectivity index (χ4v) is 0.677. The van der Waals surface area contributed by atoms with Crippen LogP contribution in [-0.2, 0) is 14.2 Å². The zero-order valence-corrected chi connectivity index (χ0v) is 7.72. The average Bonchev–Trinajstić information content (AvgIpc) is 2.30. The van der Waals surface area contributed by atoms with Gasteiger partial charge in [0.15, 0.2) is 5.76 Å². The molecule has 12 heavy (non-hydrogen) atoms. The van der Waals surface area contributed by atoms with Crippen LogP contribution < -0.4 is 0 Å². The minimum atomic E-state index is -0.159. The molecular weight excluding hydrogens is 156 g/mol. The Balaban J connectivity index is 2.30. The Morgan fingerprint density at radius 1 is 1.50 bits per heavy atom. The van der Waals surface area contributed by atoms with E-state index in [1.807, 2.05) is 20.8 Å². The maximum Gasteiger partial charge on any atom is 0.282 e. The van der Waals surface area contributed by atoms with Crippen molar-refractivity contribution >= 4 is 0 Å². The highest BCUT2D eigenvalue weighted by Crippen LogP contribution is 2.18. The van der Waals surface area contributed by atoms with Crippen LogP contribution in [0.2, 0.25) is 0 Å². The summed E-state index contributed by atoms with van der Waals surface area (Å²) in [5.74, 6) is 0.970. The molecule has 0 fully saturated rings. The van der Waals surface area contributed by atoms with Gasteiger partial charge in [-0.2, -0.15) is 0 Å². The third-order valence-corrected chi connectivity index (χ3v) is 1.21. The molecule has 0 aromatic rings. The van der Waals surface area contributed by atoms with Gasteiger partial charge in [-0.1, -0.05) is 0 Å². The normalized spacial score (nSPS) is 16.9. The maximum atomic E-state index is 5.45. The van der Waals surface area contributed by atoms with Gasteiger partial charge in [0, 0.05) is 0 Å². The Hall–Kier alpha value is -0.960. The molecule has 0 spiro atoms. The molecule has 0 radical (unpaired) electrons. The van der Waals surface area contributed by atoms with E-state index in [1.54, 1.807) is 0 Å². The van der Waals surface area contributed by atoms with Crippen LogP contribution in [0.3, 0.4) is 0 Å². The third-order valence-electron chi connectivity index (χ3n) is 1.21. The molecule has 0 aromatic heterocycles. The molecule has 0 saturated heterocycles. The molecule has 0 amide bonds. The van der Waals surface area contributed by atoms with E-state index in [2.05, 4.69) is 6.58 Å². The molecule has 0 atom stereocenters. The first-order chi connectivity index (χ1) is 5.47.